The number of halogens is 1. The summed E-state index contributed by atoms with van der Waals surface area (Å²) in [5, 5.41) is 16.4. The van der Waals surface area contributed by atoms with Crippen molar-refractivity contribution in [3.05, 3.63) is 34.1 Å². The lowest BCUT2D eigenvalue weighted by Crippen LogP contribution is -2.38. The van der Waals surface area contributed by atoms with Gasteiger partial charge in [0.25, 0.3) is 0 Å². The van der Waals surface area contributed by atoms with Crippen molar-refractivity contribution in [3.8, 4) is 0 Å². The van der Waals surface area contributed by atoms with Crippen molar-refractivity contribution in [1.29, 1.82) is 0 Å². The van der Waals surface area contributed by atoms with Gasteiger partial charge in [0.05, 0.1) is 11.5 Å². The van der Waals surface area contributed by atoms with Crippen LogP contribution in [0.3, 0.4) is 0 Å². The van der Waals surface area contributed by atoms with Gasteiger partial charge in [-0.25, -0.2) is 0 Å². The molecule has 0 aliphatic heterocycles. The van der Waals surface area contributed by atoms with Gasteiger partial charge in [0.1, 0.15) is 0 Å². The number of hydrogen-bond donors (Lipinski definition) is 2. The lowest BCUT2D eigenvalue weighted by Gasteiger charge is -2.16. The number of rotatable bonds is 5. The molecule has 0 saturated heterocycles. The molecule has 0 radical (unpaired) electrons. The van der Waals surface area contributed by atoms with E-state index in [1.807, 2.05) is 0 Å². The van der Waals surface area contributed by atoms with Crippen LogP contribution in [0, 0.1) is 15.9 Å². The van der Waals surface area contributed by atoms with Crippen LogP contribution in [0.1, 0.15) is 38.5 Å². The number of hydrogen-bond acceptors (Lipinski definition) is 4. The lowest BCUT2D eigenvalue weighted by atomic mass is 10.1. The fourth-order valence-electron chi connectivity index (χ4n) is 2.65. The Morgan fingerprint density at radius 1 is 1.27 bits per heavy atom. The summed E-state index contributed by atoms with van der Waals surface area (Å²) < 4.78 is 13.2. The average Bonchev–Trinajstić information content (AvgIpc) is 2.74. The van der Waals surface area contributed by atoms with Gasteiger partial charge >= 0.3 is 5.69 Å². The highest BCUT2D eigenvalue weighted by atomic mass is 19.1. The van der Waals surface area contributed by atoms with Crippen LogP contribution in [0.4, 0.5) is 15.8 Å². The highest BCUT2D eigenvalue weighted by Crippen LogP contribution is 2.21. The summed E-state index contributed by atoms with van der Waals surface area (Å²) >= 11 is 0. The molecule has 2 rings (SSSR count). The number of anilines is 1. The average molecular weight is 309 g/mol. The first-order valence-electron chi connectivity index (χ1n) is 7.53. The maximum atomic E-state index is 13.2. The fourth-order valence-corrected chi connectivity index (χ4v) is 2.65. The van der Waals surface area contributed by atoms with Gasteiger partial charge in [-0.1, -0.05) is 25.7 Å². The molecule has 0 heterocycles. The Labute approximate surface area is 128 Å². The Kier molecular flexibility index (Phi) is 5.68. The Bertz CT molecular complexity index is 543. The van der Waals surface area contributed by atoms with Crippen molar-refractivity contribution in [1.82, 2.24) is 5.32 Å². The van der Waals surface area contributed by atoms with E-state index in [2.05, 4.69) is 10.6 Å². The quantitative estimate of drug-likeness (QED) is 0.497. The molecule has 0 bridgehead atoms. The van der Waals surface area contributed by atoms with E-state index in [1.165, 1.54) is 18.9 Å². The summed E-state index contributed by atoms with van der Waals surface area (Å²) in [7, 11) is 0. The topological polar surface area (TPSA) is 84.3 Å². The summed E-state index contributed by atoms with van der Waals surface area (Å²) in [5.41, 5.74) is -0.252. The van der Waals surface area contributed by atoms with E-state index in [1.54, 1.807) is 0 Å². The van der Waals surface area contributed by atoms with Crippen LogP contribution in [-0.2, 0) is 4.79 Å². The van der Waals surface area contributed by atoms with E-state index in [4.69, 9.17) is 0 Å². The molecule has 22 heavy (non-hydrogen) atoms. The van der Waals surface area contributed by atoms with Gasteiger partial charge in [-0.3, -0.25) is 14.9 Å². The van der Waals surface area contributed by atoms with Crippen molar-refractivity contribution >= 4 is 17.3 Å². The second-order valence-electron chi connectivity index (χ2n) is 5.53. The molecule has 7 heteroatoms. The first-order chi connectivity index (χ1) is 10.6. The Morgan fingerprint density at radius 3 is 2.59 bits per heavy atom. The molecule has 2 N–H and O–H groups in total. The number of nitrogens with one attached hydrogen (secondary N) is 2. The van der Waals surface area contributed by atoms with E-state index in [9.17, 15) is 19.3 Å². The smallest absolute Gasteiger partial charge is 0.306 e. The minimum absolute atomic E-state index is 0.0132. The molecule has 0 spiro atoms. The summed E-state index contributed by atoms with van der Waals surface area (Å²) in [6, 6.07) is 3.69. The monoisotopic (exact) mass is 309 g/mol. The molecular formula is C15H20FN3O3. The van der Waals surface area contributed by atoms with E-state index >= 15 is 0 Å². The number of nitrogens with zero attached hydrogens (tertiary/aromatic N) is 1. The zero-order chi connectivity index (χ0) is 15.9. The maximum Gasteiger partial charge on any atom is 0.306 e. The molecule has 0 unspecified atom stereocenters. The molecule has 0 aromatic heterocycles. The van der Waals surface area contributed by atoms with E-state index < -0.39 is 16.4 Å². The number of carbonyl (C=O) groups excluding carboxylic acids is 1. The summed E-state index contributed by atoms with van der Waals surface area (Å²) in [6.07, 6.45) is 6.67. The van der Waals surface area contributed by atoms with Crippen LogP contribution in [0.2, 0.25) is 0 Å². The third kappa shape index (κ3) is 4.68. The number of carbonyl (C=O) groups is 1. The van der Waals surface area contributed by atoms with Crippen LogP contribution < -0.4 is 10.6 Å². The first-order valence-corrected chi connectivity index (χ1v) is 7.53. The lowest BCUT2D eigenvalue weighted by molar-refractivity contribution is -0.387. The summed E-state index contributed by atoms with van der Waals surface area (Å²) in [6.45, 7) is 0.0132. The molecule has 1 aromatic rings. The predicted molar refractivity (Wildman–Crippen MR) is 81.2 cm³/mol. The molecule has 1 saturated carbocycles. The molecule has 1 aliphatic carbocycles. The second-order valence-corrected chi connectivity index (χ2v) is 5.53. The molecule has 6 nitrogen and oxygen atoms in total. The van der Waals surface area contributed by atoms with E-state index in [0.717, 1.165) is 37.8 Å². The van der Waals surface area contributed by atoms with Crippen molar-refractivity contribution in [2.45, 2.75) is 44.6 Å². The van der Waals surface area contributed by atoms with Crippen molar-refractivity contribution in [2.75, 3.05) is 11.9 Å². The van der Waals surface area contributed by atoms with Crippen LogP contribution in [0.5, 0.6) is 0 Å². The number of benzene rings is 1. The maximum absolute atomic E-state index is 13.2. The van der Waals surface area contributed by atoms with Crippen molar-refractivity contribution in [2.24, 2.45) is 0 Å². The molecule has 120 valence electrons. The van der Waals surface area contributed by atoms with Gasteiger partial charge in [-0.2, -0.15) is 4.39 Å². The summed E-state index contributed by atoms with van der Waals surface area (Å²) in [5.74, 6) is -1.04. The number of nitro groups is 1. The van der Waals surface area contributed by atoms with Gasteiger partial charge in [0, 0.05) is 17.8 Å². The second kappa shape index (κ2) is 7.72. The highest BCUT2D eigenvalue weighted by Gasteiger charge is 2.16. The normalized spacial score (nSPS) is 15.9. The zero-order valence-corrected chi connectivity index (χ0v) is 12.3. The SMILES string of the molecule is O=C(CNc1ccc(F)c([N+](=O)[O-])c1)NC1CCCCCC1. The summed E-state index contributed by atoms with van der Waals surface area (Å²) in [4.78, 5) is 21.8. The van der Waals surface area contributed by atoms with Crippen LogP contribution in [0.15, 0.2) is 18.2 Å². The third-order valence-corrected chi connectivity index (χ3v) is 3.82. The molecule has 1 fully saturated rings. The minimum atomic E-state index is -0.890. The van der Waals surface area contributed by atoms with Gasteiger partial charge < -0.3 is 10.6 Å². The predicted octanol–water partition coefficient (Wildman–Crippen LogP) is 2.98. The minimum Gasteiger partial charge on any atom is -0.376 e. The van der Waals surface area contributed by atoms with Gasteiger partial charge in [0.15, 0.2) is 0 Å². The molecule has 0 atom stereocenters. The molecule has 1 aliphatic rings. The highest BCUT2D eigenvalue weighted by molar-refractivity contribution is 5.81. The van der Waals surface area contributed by atoms with Crippen molar-refractivity contribution < 1.29 is 14.1 Å². The van der Waals surface area contributed by atoms with Gasteiger partial charge in [-0.15, -0.1) is 0 Å². The van der Waals surface area contributed by atoms with Crippen molar-refractivity contribution in [3.63, 3.8) is 0 Å². The number of amides is 1. The number of nitro benzene ring substituents is 1. The first kappa shape index (κ1) is 16.2. The molecule has 1 aromatic carbocycles. The largest absolute Gasteiger partial charge is 0.376 e. The Balaban J connectivity index is 1.85. The zero-order valence-electron chi connectivity index (χ0n) is 12.3. The van der Waals surface area contributed by atoms with E-state index in [0.29, 0.717) is 5.69 Å². The van der Waals surface area contributed by atoms with Crippen LogP contribution in [0.25, 0.3) is 0 Å². The van der Waals surface area contributed by atoms with E-state index in [-0.39, 0.29) is 18.5 Å². The Morgan fingerprint density at radius 2 is 1.95 bits per heavy atom. The molecular weight excluding hydrogens is 289 g/mol. The van der Waals surface area contributed by atoms with Gasteiger partial charge in [-0.05, 0) is 25.0 Å². The molecule has 1 amide bonds. The van der Waals surface area contributed by atoms with Gasteiger partial charge in [0.2, 0.25) is 11.7 Å². The Hall–Kier alpha value is -2.18. The third-order valence-electron chi connectivity index (χ3n) is 3.82. The van der Waals surface area contributed by atoms with Crippen LogP contribution >= 0.6 is 0 Å². The standard InChI is InChI=1S/C15H20FN3O3/c16-13-8-7-12(9-14(13)19(21)22)17-10-15(20)18-11-5-3-1-2-4-6-11/h7-9,11,17H,1-6,10H2,(H,18,20). The fraction of sp³-hybridized carbons (Fsp3) is 0.533. The van der Waals surface area contributed by atoms with Crippen LogP contribution in [-0.4, -0.2) is 23.4 Å².